The van der Waals surface area contributed by atoms with Crippen LogP contribution in [0.4, 0.5) is 0 Å². The van der Waals surface area contributed by atoms with Crippen LogP contribution in [0, 0.1) is 5.92 Å². The molecule has 0 aromatic heterocycles. The molecule has 2 heteroatoms. The first-order valence-electron chi connectivity index (χ1n) is 7.17. The summed E-state index contributed by atoms with van der Waals surface area (Å²) in [6.45, 7) is 3.40. The lowest BCUT2D eigenvalue weighted by molar-refractivity contribution is 0.331. The lowest BCUT2D eigenvalue weighted by Crippen LogP contribution is -2.27. The van der Waals surface area contributed by atoms with Crippen molar-refractivity contribution < 1.29 is 4.74 Å². The van der Waals surface area contributed by atoms with Crippen LogP contribution in [-0.2, 0) is 0 Å². The molecule has 1 aliphatic carbocycles. The summed E-state index contributed by atoms with van der Waals surface area (Å²) >= 11 is 0. The molecular weight excluding hydrogens is 222 g/mol. The lowest BCUT2D eigenvalue weighted by atomic mass is 9.89. The second-order valence-corrected chi connectivity index (χ2v) is 5.41. The molecule has 1 saturated carbocycles. The van der Waals surface area contributed by atoms with Crippen molar-refractivity contribution >= 4 is 0 Å². The molecule has 1 aromatic carbocycles. The highest BCUT2D eigenvalue weighted by molar-refractivity contribution is 5.28. The number of rotatable bonds is 5. The Bertz CT molecular complexity index is 341. The van der Waals surface area contributed by atoms with Crippen LogP contribution in [0.25, 0.3) is 0 Å². The molecule has 1 aliphatic rings. The molecule has 2 rings (SSSR count). The molecule has 0 unspecified atom stereocenters. The average molecular weight is 247 g/mol. The van der Waals surface area contributed by atoms with Crippen LogP contribution in [0.15, 0.2) is 24.3 Å². The second kappa shape index (κ2) is 6.79. The van der Waals surface area contributed by atoms with Crippen molar-refractivity contribution in [2.24, 2.45) is 5.92 Å². The minimum atomic E-state index is 0.429. The van der Waals surface area contributed by atoms with Gasteiger partial charge in [-0.1, -0.05) is 31.4 Å². The molecule has 0 bridgehead atoms. The second-order valence-electron chi connectivity index (χ2n) is 5.41. The van der Waals surface area contributed by atoms with Gasteiger partial charge in [0.15, 0.2) is 0 Å². The van der Waals surface area contributed by atoms with Crippen molar-refractivity contribution in [3.05, 3.63) is 29.8 Å². The third kappa shape index (κ3) is 3.74. The Morgan fingerprint density at radius 1 is 1.17 bits per heavy atom. The Kier molecular flexibility index (Phi) is 5.06. The minimum absolute atomic E-state index is 0.429. The largest absolute Gasteiger partial charge is 0.497 e. The zero-order valence-corrected chi connectivity index (χ0v) is 11.6. The summed E-state index contributed by atoms with van der Waals surface area (Å²) in [5, 5.41) is 3.67. The fraction of sp³-hybridized carbons (Fsp3) is 0.625. The third-order valence-electron chi connectivity index (χ3n) is 4.05. The van der Waals surface area contributed by atoms with E-state index in [-0.39, 0.29) is 0 Å². The van der Waals surface area contributed by atoms with Gasteiger partial charge in [0, 0.05) is 6.04 Å². The van der Waals surface area contributed by atoms with Gasteiger partial charge in [-0.15, -0.1) is 0 Å². The van der Waals surface area contributed by atoms with Gasteiger partial charge in [-0.05, 0) is 49.9 Å². The van der Waals surface area contributed by atoms with E-state index in [9.17, 15) is 0 Å². The van der Waals surface area contributed by atoms with Gasteiger partial charge < -0.3 is 10.1 Å². The maximum absolute atomic E-state index is 5.18. The lowest BCUT2D eigenvalue weighted by Gasteiger charge is -2.24. The summed E-state index contributed by atoms with van der Waals surface area (Å²) < 4.78 is 5.18. The van der Waals surface area contributed by atoms with E-state index < -0.39 is 0 Å². The van der Waals surface area contributed by atoms with E-state index in [0.717, 1.165) is 18.2 Å². The topological polar surface area (TPSA) is 21.3 Å². The van der Waals surface area contributed by atoms with Crippen LogP contribution < -0.4 is 10.1 Å². The fourth-order valence-electron chi connectivity index (χ4n) is 2.75. The number of hydrogen-bond acceptors (Lipinski definition) is 2. The van der Waals surface area contributed by atoms with Crippen molar-refractivity contribution in [1.82, 2.24) is 5.32 Å². The van der Waals surface area contributed by atoms with E-state index >= 15 is 0 Å². The SMILES string of the molecule is COc1ccc([C@@H](C)NCC2CCCCC2)cc1. The Labute approximate surface area is 111 Å². The van der Waals surface area contributed by atoms with Gasteiger partial charge in [-0.25, -0.2) is 0 Å². The molecule has 1 aromatic rings. The number of nitrogens with one attached hydrogen (secondary N) is 1. The third-order valence-corrected chi connectivity index (χ3v) is 4.05. The van der Waals surface area contributed by atoms with E-state index in [2.05, 4.69) is 24.4 Å². The Morgan fingerprint density at radius 3 is 2.44 bits per heavy atom. The molecule has 0 spiro atoms. The molecule has 0 heterocycles. The molecule has 2 nitrogen and oxygen atoms in total. The van der Waals surface area contributed by atoms with E-state index in [1.807, 2.05) is 12.1 Å². The Hall–Kier alpha value is -1.02. The first-order chi connectivity index (χ1) is 8.79. The molecule has 18 heavy (non-hydrogen) atoms. The van der Waals surface area contributed by atoms with Crippen molar-refractivity contribution in [1.29, 1.82) is 0 Å². The number of benzene rings is 1. The van der Waals surface area contributed by atoms with Crippen molar-refractivity contribution in [2.75, 3.05) is 13.7 Å². The zero-order chi connectivity index (χ0) is 12.8. The summed E-state index contributed by atoms with van der Waals surface area (Å²) in [6, 6.07) is 8.80. The van der Waals surface area contributed by atoms with E-state index in [1.54, 1.807) is 7.11 Å². The molecule has 1 atom stereocenters. The van der Waals surface area contributed by atoms with Gasteiger partial charge in [-0.3, -0.25) is 0 Å². The fourth-order valence-corrected chi connectivity index (χ4v) is 2.75. The number of methoxy groups -OCH3 is 1. The predicted molar refractivity (Wildman–Crippen MR) is 76.0 cm³/mol. The summed E-state index contributed by atoms with van der Waals surface area (Å²) in [5.74, 6) is 1.82. The highest BCUT2D eigenvalue weighted by atomic mass is 16.5. The normalized spacial score (nSPS) is 18.6. The van der Waals surface area contributed by atoms with Crippen LogP contribution in [0.2, 0.25) is 0 Å². The van der Waals surface area contributed by atoms with Crippen molar-refractivity contribution in [3.8, 4) is 5.75 Å². The highest BCUT2D eigenvalue weighted by Gasteiger charge is 2.14. The smallest absolute Gasteiger partial charge is 0.118 e. The molecule has 0 aliphatic heterocycles. The maximum atomic E-state index is 5.18. The van der Waals surface area contributed by atoms with Gasteiger partial charge >= 0.3 is 0 Å². The van der Waals surface area contributed by atoms with Crippen LogP contribution >= 0.6 is 0 Å². The summed E-state index contributed by atoms with van der Waals surface area (Å²) in [5.41, 5.74) is 1.34. The molecule has 0 saturated heterocycles. The van der Waals surface area contributed by atoms with E-state index in [4.69, 9.17) is 4.74 Å². The summed E-state index contributed by atoms with van der Waals surface area (Å²) in [6.07, 6.45) is 7.09. The molecule has 1 N–H and O–H groups in total. The first kappa shape index (κ1) is 13.4. The van der Waals surface area contributed by atoms with Crippen LogP contribution in [-0.4, -0.2) is 13.7 Å². The van der Waals surface area contributed by atoms with Gasteiger partial charge in [0.05, 0.1) is 7.11 Å². The van der Waals surface area contributed by atoms with E-state index in [1.165, 1.54) is 37.7 Å². The highest BCUT2D eigenvalue weighted by Crippen LogP contribution is 2.24. The number of hydrogen-bond donors (Lipinski definition) is 1. The van der Waals surface area contributed by atoms with Gasteiger partial charge in [-0.2, -0.15) is 0 Å². The minimum Gasteiger partial charge on any atom is -0.497 e. The molecule has 0 radical (unpaired) electrons. The van der Waals surface area contributed by atoms with Crippen LogP contribution in [0.3, 0.4) is 0 Å². The van der Waals surface area contributed by atoms with Gasteiger partial charge in [0.1, 0.15) is 5.75 Å². The quantitative estimate of drug-likeness (QED) is 0.851. The van der Waals surface area contributed by atoms with Gasteiger partial charge in [0.25, 0.3) is 0 Å². The summed E-state index contributed by atoms with van der Waals surface area (Å²) in [4.78, 5) is 0. The van der Waals surface area contributed by atoms with Crippen LogP contribution in [0.5, 0.6) is 5.75 Å². The maximum Gasteiger partial charge on any atom is 0.118 e. The van der Waals surface area contributed by atoms with Crippen molar-refractivity contribution in [3.63, 3.8) is 0 Å². The Balaban J connectivity index is 1.80. The average Bonchev–Trinajstić information content (AvgIpc) is 2.46. The van der Waals surface area contributed by atoms with E-state index in [0.29, 0.717) is 6.04 Å². The zero-order valence-electron chi connectivity index (χ0n) is 11.6. The standard InChI is InChI=1S/C16H25NO/c1-13(15-8-10-16(18-2)11-9-15)17-12-14-6-4-3-5-7-14/h8-11,13-14,17H,3-7,12H2,1-2H3/t13-/m1/s1. The predicted octanol–water partition coefficient (Wildman–Crippen LogP) is 3.93. The summed E-state index contributed by atoms with van der Waals surface area (Å²) in [7, 11) is 1.71. The molecule has 100 valence electrons. The monoisotopic (exact) mass is 247 g/mol. The number of ether oxygens (including phenoxy) is 1. The molecule has 1 fully saturated rings. The first-order valence-corrected chi connectivity index (χ1v) is 7.17. The molecule has 0 amide bonds. The molecular formula is C16H25NO. The Morgan fingerprint density at radius 2 is 1.83 bits per heavy atom. The van der Waals surface area contributed by atoms with Crippen LogP contribution in [0.1, 0.15) is 50.6 Å². The van der Waals surface area contributed by atoms with Crippen molar-refractivity contribution in [2.45, 2.75) is 45.1 Å². The van der Waals surface area contributed by atoms with Gasteiger partial charge in [0.2, 0.25) is 0 Å².